The number of halogens is 1. The van der Waals surface area contributed by atoms with Crippen molar-refractivity contribution in [2.45, 2.75) is 19.4 Å². The summed E-state index contributed by atoms with van der Waals surface area (Å²) in [7, 11) is 0. The summed E-state index contributed by atoms with van der Waals surface area (Å²) >= 11 is 6.12. The van der Waals surface area contributed by atoms with E-state index in [-0.39, 0.29) is 17.7 Å². The van der Waals surface area contributed by atoms with Gasteiger partial charge in [-0.25, -0.2) is 4.98 Å². The van der Waals surface area contributed by atoms with E-state index in [2.05, 4.69) is 15.3 Å². The number of pyridine rings is 2. The third-order valence-corrected chi connectivity index (χ3v) is 5.45. The van der Waals surface area contributed by atoms with Crippen molar-refractivity contribution in [1.82, 2.24) is 20.2 Å². The highest BCUT2D eigenvalue weighted by Crippen LogP contribution is 2.25. The van der Waals surface area contributed by atoms with E-state index in [9.17, 15) is 9.59 Å². The SMILES string of the molecule is O=C(NCc1cccnc1)C1CCN(C(=O)c2cc(Cl)nc3ccccc23)CC1. The summed E-state index contributed by atoms with van der Waals surface area (Å²) in [4.78, 5) is 35.7. The van der Waals surface area contributed by atoms with Crippen molar-refractivity contribution in [3.63, 3.8) is 0 Å². The molecule has 2 aromatic heterocycles. The molecule has 0 atom stereocenters. The molecule has 2 amide bonds. The number of hydrogen-bond acceptors (Lipinski definition) is 4. The number of fused-ring (bicyclic) bond motifs is 1. The highest BCUT2D eigenvalue weighted by molar-refractivity contribution is 6.30. The normalized spacial score (nSPS) is 14.7. The number of likely N-dealkylation sites (tertiary alicyclic amines) is 1. The minimum atomic E-state index is -0.0894. The number of benzene rings is 1. The number of piperidine rings is 1. The number of carbonyl (C=O) groups is 2. The first kappa shape index (κ1) is 19.3. The molecular weight excluding hydrogens is 388 g/mol. The topological polar surface area (TPSA) is 75.2 Å². The van der Waals surface area contributed by atoms with Crippen molar-refractivity contribution in [2.24, 2.45) is 5.92 Å². The first-order valence-corrected chi connectivity index (χ1v) is 10.0. The van der Waals surface area contributed by atoms with Gasteiger partial charge in [0.2, 0.25) is 5.91 Å². The molecule has 0 radical (unpaired) electrons. The molecule has 1 N–H and O–H groups in total. The largest absolute Gasteiger partial charge is 0.352 e. The van der Waals surface area contributed by atoms with Gasteiger partial charge in [-0.2, -0.15) is 0 Å². The predicted molar refractivity (Wildman–Crippen MR) is 111 cm³/mol. The number of aromatic nitrogens is 2. The van der Waals surface area contributed by atoms with Crippen molar-refractivity contribution < 1.29 is 9.59 Å². The molecule has 0 aliphatic carbocycles. The van der Waals surface area contributed by atoms with Crippen molar-refractivity contribution in [3.8, 4) is 0 Å². The van der Waals surface area contributed by atoms with Gasteiger partial charge >= 0.3 is 0 Å². The van der Waals surface area contributed by atoms with Crippen molar-refractivity contribution in [2.75, 3.05) is 13.1 Å². The Kier molecular flexibility index (Phi) is 5.71. The van der Waals surface area contributed by atoms with Crippen molar-refractivity contribution >= 4 is 34.3 Å². The molecule has 1 saturated heterocycles. The van der Waals surface area contributed by atoms with Gasteiger partial charge in [0, 0.05) is 43.3 Å². The van der Waals surface area contributed by atoms with Crippen LogP contribution in [0.3, 0.4) is 0 Å². The number of para-hydroxylation sites is 1. The standard InChI is InChI=1S/C22H21ClN4O2/c23-20-12-18(17-5-1-2-6-19(17)26-20)22(29)27-10-7-16(8-11-27)21(28)25-14-15-4-3-9-24-13-15/h1-6,9,12-13,16H,7-8,10-11,14H2,(H,25,28). The van der Waals surface area contributed by atoms with E-state index in [0.717, 1.165) is 10.9 Å². The van der Waals surface area contributed by atoms with Crippen LogP contribution in [-0.4, -0.2) is 39.8 Å². The van der Waals surface area contributed by atoms with E-state index >= 15 is 0 Å². The van der Waals surface area contributed by atoms with E-state index < -0.39 is 0 Å². The number of nitrogens with one attached hydrogen (secondary N) is 1. The van der Waals surface area contributed by atoms with Gasteiger partial charge in [-0.15, -0.1) is 0 Å². The summed E-state index contributed by atoms with van der Waals surface area (Å²) in [6.45, 7) is 1.55. The quantitative estimate of drug-likeness (QED) is 0.671. The fourth-order valence-corrected chi connectivity index (χ4v) is 3.87. The van der Waals surface area contributed by atoms with Crippen LogP contribution in [0, 0.1) is 5.92 Å². The Morgan fingerprint density at radius 3 is 2.69 bits per heavy atom. The lowest BCUT2D eigenvalue weighted by atomic mass is 9.95. The second-order valence-corrected chi connectivity index (χ2v) is 7.54. The van der Waals surface area contributed by atoms with Gasteiger partial charge in [-0.3, -0.25) is 14.6 Å². The smallest absolute Gasteiger partial charge is 0.254 e. The molecule has 0 spiro atoms. The highest BCUT2D eigenvalue weighted by atomic mass is 35.5. The maximum atomic E-state index is 13.1. The molecule has 1 aliphatic heterocycles. The summed E-state index contributed by atoms with van der Waals surface area (Å²) in [5, 5.41) is 4.06. The Balaban J connectivity index is 1.38. The van der Waals surface area contributed by atoms with Crippen LogP contribution >= 0.6 is 11.6 Å². The van der Waals surface area contributed by atoms with Crippen LogP contribution in [0.4, 0.5) is 0 Å². The molecule has 0 bridgehead atoms. The van der Waals surface area contributed by atoms with Gasteiger partial charge in [-0.1, -0.05) is 35.9 Å². The molecule has 0 saturated carbocycles. The third-order valence-electron chi connectivity index (χ3n) is 5.26. The van der Waals surface area contributed by atoms with Gasteiger partial charge in [-0.05, 0) is 36.6 Å². The van der Waals surface area contributed by atoms with Gasteiger partial charge in [0.25, 0.3) is 5.91 Å². The Bertz CT molecular complexity index is 1030. The Morgan fingerprint density at radius 2 is 1.93 bits per heavy atom. The van der Waals surface area contributed by atoms with Crippen LogP contribution in [0.5, 0.6) is 0 Å². The van der Waals surface area contributed by atoms with Crippen molar-refractivity contribution in [1.29, 1.82) is 0 Å². The van der Waals surface area contributed by atoms with Crippen LogP contribution in [0.15, 0.2) is 54.9 Å². The molecular formula is C22H21ClN4O2. The molecule has 148 valence electrons. The first-order chi connectivity index (χ1) is 14.1. The molecule has 1 aromatic carbocycles. The average Bonchev–Trinajstić information content (AvgIpc) is 2.77. The molecule has 4 rings (SSSR count). The lowest BCUT2D eigenvalue weighted by Crippen LogP contribution is -2.43. The zero-order valence-electron chi connectivity index (χ0n) is 15.8. The number of nitrogens with zero attached hydrogens (tertiary/aromatic N) is 3. The van der Waals surface area contributed by atoms with Gasteiger partial charge in [0.15, 0.2) is 0 Å². The number of amides is 2. The minimum Gasteiger partial charge on any atom is -0.352 e. The molecule has 1 fully saturated rings. The molecule has 0 unspecified atom stereocenters. The molecule has 29 heavy (non-hydrogen) atoms. The second-order valence-electron chi connectivity index (χ2n) is 7.16. The maximum absolute atomic E-state index is 13.1. The fourth-order valence-electron chi connectivity index (χ4n) is 3.67. The molecule has 3 heterocycles. The summed E-state index contributed by atoms with van der Waals surface area (Å²) in [5.74, 6) is -0.133. The first-order valence-electron chi connectivity index (χ1n) is 9.63. The van der Waals surface area contributed by atoms with Gasteiger partial charge in [0.05, 0.1) is 11.1 Å². The monoisotopic (exact) mass is 408 g/mol. The second kappa shape index (κ2) is 8.57. The predicted octanol–water partition coefficient (Wildman–Crippen LogP) is 3.45. The summed E-state index contributed by atoms with van der Waals surface area (Å²) < 4.78 is 0. The van der Waals surface area contributed by atoms with Crippen LogP contribution in [0.1, 0.15) is 28.8 Å². The van der Waals surface area contributed by atoms with E-state index in [1.165, 1.54) is 0 Å². The Hall–Kier alpha value is -2.99. The van der Waals surface area contributed by atoms with Crippen LogP contribution in [0.2, 0.25) is 5.15 Å². The van der Waals surface area contributed by atoms with Crippen LogP contribution in [0.25, 0.3) is 10.9 Å². The third kappa shape index (κ3) is 4.38. The average molecular weight is 409 g/mol. The summed E-state index contributed by atoms with van der Waals surface area (Å²) in [6.07, 6.45) is 4.73. The lowest BCUT2D eigenvalue weighted by molar-refractivity contribution is -0.126. The highest BCUT2D eigenvalue weighted by Gasteiger charge is 2.28. The van der Waals surface area contributed by atoms with E-state index in [1.807, 2.05) is 36.4 Å². The summed E-state index contributed by atoms with van der Waals surface area (Å²) in [6, 6.07) is 12.9. The molecule has 6 nitrogen and oxygen atoms in total. The van der Waals surface area contributed by atoms with Gasteiger partial charge < -0.3 is 10.2 Å². The maximum Gasteiger partial charge on any atom is 0.254 e. The zero-order valence-corrected chi connectivity index (χ0v) is 16.6. The fraction of sp³-hybridized carbons (Fsp3) is 0.273. The van der Waals surface area contributed by atoms with E-state index in [0.29, 0.717) is 48.7 Å². The minimum absolute atomic E-state index is 0.0263. The lowest BCUT2D eigenvalue weighted by Gasteiger charge is -2.31. The summed E-state index contributed by atoms with van der Waals surface area (Å²) in [5.41, 5.74) is 2.23. The molecule has 3 aromatic rings. The number of carbonyl (C=O) groups excluding carboxylic acids is 2. The Morgan fingerprint density at radius 1 is 1.14 bits per heavy atom. The van der Waals surface area contributed by atoms with E-state index in [4.69, 9.17) is 11.6 Å². The van der Waals surface area contributed by atoms with Crippen LogP contribution in [-0.2, 0) is 11.3 Å². The van der Waals surface area contributed by atoms with E-state index in [1.54, 1.807) is 23.4 Å². The molecule has 7 heteroatoms. The number of hydrogen-bond donors (Lipinski definition) is 1. The number of rotatable bonds is 4. The molecule has 1 aliphatic rings. The Labute approximate surface area is 173 Å². The van der Waals surface area contributed by atoms with Crippen molar-refractivity contribution in [3.05, 3.63) is 71.1 Å². The zero-order chi connectivity index (χ0) is 20.2. The van der Waals surface area contributed by atoms with Gasteiger partial charge in [0.1, 0.15) is 5.15 Å². The van der Waals surface area contributed by atoms with Crippen LogP contribution < -0.4 is 5.32 Å².